The average Bonchev–Trinajstić information content (AvgIpc) is 3.35. The fourth-order valence-corrected chi connectivity index (χ4v) is 3.36. The summed E-state index contributed by atoms with van der Waals surface area (Å²) in [6.45, 7) is 2.35. The number of benzene rings is 2. The van der Waals surface area contributed by atoms with E-state index in [4.69, 9.17) is 4.74 Å². The molecule has 5 heteroatoms. The van der Waals surface area contributed by atoms with Gasteiger partial charge in [-0.1, -0.05) is 24.3 Å². The molecule has 1 N–H and O–H groups in total. The van der Waals surface area contributed by atoms with Gasteiger partial charge in [0.15, 0.2) is 0 Å². The molecule has 25 heavy (non-hydrogen) atoms. The molecule has 1 saturated carbocycles. The third kappa shape index (κ3) is 3.65. The van der Waals surface area contributed by atoms with Gasteiger partial charge in [0, 0.05) is 36.8 Å². The van der Waals surface area contributed by atoms with E-state index in [9.17, 15) is 4.79 Å². The fourth-order valence-electron chi connectivity index (χ4n) is 3.36. The van der Waals surface area contributed by atoms with Crippen molar-refractivity contribution < 1.29 is 9.53 Å². The molecule has 1 aliphatic carbocycles. The number of hydrogen-bond donors (Lipinski definition) is 1. The van der Waals surface area contributed by atoms with Crippen LogP contribution in [0.5, 0.6) is 5.75 Å². The third-order valence-electron chi connectivity index (χ3n) is 4.87. The molecule has 0 aromatic heterocycles. The SMILES string of the molecule is COc1ccccc1CN(C(=O)c1ccc2c(c1)CNC2)C1CC1.Cl. The Balaban J connectivity index is 0.00000182. The van der Waals surface area contributed by atoms with E-state index in [0.29, 0.717) is 12.6 Å². The molecule has 1 fully saturated rings. The fraction of sp³-hybridized carbons (Fsp3) is 0.350. The lowest BCUT2D eigenvalue weighted by atomic mass is 10.0. The zero-order valence-corrected chi connectivity index (χ0v) is 15.1. The van der Waals surface area contributed by atoms with Crippen molar-refractivity contribution in [1.82, 2.24) is 10.2 Å². The lowest BCUT2D eigenvalue weighted by molar-refractivity contribution is 0.0728. The largest absolute Gasteiger partial charge is 0.496 e. The predicted molar refractivity (Wildman–Crippen MR) is 100 cm³/mol. The number of nitrogens with one attached hydrogen (secondary N) is 1. The Bertz CT molecular complexity index is 774. The first-order valence-corrected chi connectivity index (χ1v) is 8.51. The van der Waals surface area contributed by atoms with Gasteiger partial charge < -0.3 is 15.0 Å². The van der Waals surface area contributed by atoms with E-state index in [0.717, 1.165) is 42.8 Å². The van der Waals surface area contributed by atoms with Crippen molar-refractivity contribution in [3.8, 4) is 5.75 Å². The highest BCUT2D eigenvalue weighted by Crippen LogP contribution is 2.32. The second-order valence-corrected chi connectivity index (χ2v) is 6.56. The van der Waals surface area contributed by atoms with E-state index in [1.165, 1.54) is 11.1 Å². The highest BCUT2D eigenvalue weighted by Gasteiger charge is 2.33. The Morgan fingerprint density at radius 3 is 2.68 bits per heavy atom. The first-order chi connectivity index (χ1) is 11.8. The lowest BCUT2D eigenvalue weighted by Crippen LogP contribution is -2.32. The van der Waals surface area contributed by atoms with E-state index in [-0.39, 0.29) is 18.3 Å². The summed E-state index contributed by atoms with van der Waals surface area (Å²) in [5.41, 5.74) is 4.39. The number of amides is 1. The van der Waals surface area contributed by atoms with Gasteiger partial charge in [-0.05, 0) is 42.2 Å². The maximum absolute atomic E-state index is 13.1. The summed E-state index contributed by atoms with van der Waals surface area (Å²) >= 11 is 0. The van der Waals surface area contributed by atoms with Crippen molar-refractivity contribution in [3.05, 3.63) is 64.7 Å². The van der Waals surface area contributed by atoms with Crippen LogP contribution in [0.3, 0.4) is 0 Å². The molecule has 0 spiro atoms. The van der Waals surface area contributed by atoms with Crippen LogP contribution in [-0.2, 0) is 19.6 Å². The Morgan fingerprint density at radius 2 is 1.92 bits per heavy atom. The van der Waals surface area contributed by atoms with Gasteiger partial charge in [-0.2, -0.15) is 0 Å². The van der Waals surface area contributed by atoms with Crippen LogP contribution in [-0.4, -0.2) is 24.0 Å². The summed E-state index contributed by atoms with van der Waals surface area (Å²) in [4.78, 5) is 15.1. The number of carbonyl (C=O) groups is 1. The number of hydrogen-bond acceptors (Lipinski definition) is 3. The normalized spacial score (nSPS) is 15.2. The topological polar surface area (TPSA) is 41.6 Å². The molecule has 2 aliphatic rings. The summed E-state index contributed by atoms with van der Waals surface area (Å²) in [5, 5.41) is 3.33. The van der Waals surface area contributed by atoms with Crippen molar-refractivity contribution in [2.45, 2.75) is 38.5 Å². The minimum Gasteiger partial charge on any atom is -0.496 e. The van der Waals surface area contributed by atoms with Gasteiger partial charge >= 0.3 is 0 Å². The second-order valence-electron chi connectivity index (χ2n) is 6.56. The van der Waals surface area contributed by atoms with Crippen molar-refractivity contribution in [3.63, 3.8) is 0 Å². The molecular formula is C20H23ClN2O2. The van der Waals surface area contributed by atoms with Crippen LogP contribution in [0.15, 0.2) is 42.5 Å². The molecule has 1 amide bonds. The lowest BCUT2D eigenvalue weighted by Gasteiger charge is -2.24. The Hall–Kier alpha value is -2.04. The van der Waals surface area contributed by atoms with E-state index in [1.807, 2.05) is 35.2 Å². The molecule has 0 bridgehead atoms. The van der Waals surface area contributed by atoms with Crippen LogP contribution in [0.2, 0.25) is 0 Å². The molecular weight excluding hydrogens is 336 g/mol. The Morgan fingerprint density at radius 1 is 1.16 bits per heavy atom. The minimum atomic E-state index is 0. The summed E-state index contributed by atoms with van der Waals surface area (Å²) < 4.78 is 5.45. The van der Waals surface area contributed by atoms with Gasteiger partial charge in [-0.25, -0.2) is 0 Å². The first kappa shape index (κ1) is 17.8. The second kappa shape index (κ2) is 7.46. The molecule has 0 atom stereocenters. The Labute approximate surface area is 154 Å². The number of nitrogens with zero attached hydrogens (tertiary/aromatic N) is 1. The van der Waals surface area contributed by atoms with E-state index in [2.05, 4.69) is 17.4 Å². The number of para-hydroxylation sites is 1. The first-order valence-electron chi connectivity index (χ1n) is 8.51. The molecule has 0 radical (unpaired) electrons. The third-order valence-corrected chi connectivity index (χ3v) is 4.87. The summed E-state index contributed by atoms with van der Waals surface area (Å²) in [6.07, 6.45) is 2.18. The summed E-state index contributed by atoms with van der Waals surface area (Å²) in [7, 11) is 1.68. The maximum Gasteiger partial charge on any atom is 0.254 e. The van der Waals surface area contributed by atoms with Gasteiger partial charge in [-0.3, -0.25) is 4.79 Å². The maximum atomic E-state index is 13.1. The predicted octanol–water partition coefficient (Wildman–Crippen LogP) is 3.53. The van der Waals surface area contributed by atoms with Gasteiger partial charge in [0.1, 0.15) is 5.75 Å². The molecule has 1 heterocycles. The van der Waals surface area contributed by atoms with Gasteiger partial charge in [0.05, 0.1) is 7.11 Å². The molecule has 4 rings (SSSR count). The smallest absolute Gasteiger partial charge is 0.254 e. The number of methoxy groups -OCH3 is 1. The van der Waals surface area contributed by atoms with Crippen LogP contribution < -0.4 is 10.1 Å². The van der Waals surface area contributed by atoms with Crippen LogP contribution in [0.4, 0.5) is 0 Å². The number of halogens is 1. The van der Waals surface area contributed by atoms with Crippen LogP contribution in [0, 0.1) is 0 Å². The monoisotopic (exact) mass is 358 g/mol. The number of carbonyl (C=O) groups excluding carboxylic acids is 1. The van der Waals surface area contributed by atoms with E-state index >= 15 is 0 Å². The quantitative estimate of drug-likeness (QED) is 0.889. The van der Waals surface area contributed by atoms with Crippen LogP contribution in [0.25, 0.3) is 0 Å². The molecule has 132 valence electrons. The summed E-state index contributed by atoms with van der Waals surface area (Å²) in [6, 6.07) is 14.4. The zero-order valence-electron chi connectivity index (χ0n) is 14.3. The highest BCUT2D eigenvalue weighted by molar-refractivity contribution is 5.95. The molecule has 0 unspecified atom stereocenters. The van der Waals surface area contributed by atoms with Crippen LogP contribution >= 0.6 is 12.4 Å². The molecule has 2 aromatic carbocycles. The van der Waals surface area contributed by atoms with Gasteiger partial charge in [-0.15, -0.1) is 12.4 Å². The van der Waals surface area contributed by atoms with E-state index < -0.39 is 0 Å². The van der Waals surface area contributed by atoms with Crippen molar-refractivity contribution >= 4 is 18.3 Å². The standard InChI is InChI=1S/C20H22N2O2.ClH/c1-24-19-5-3-2-4-16(19)13-22(18-8-9-18)20(23)14-6-7-15-11-21-12-17(15)10-14;/h2-7,10,18,21H,8-9,11-13H2,1H3;1H. The van der Waals surface area contributed by atoms with Crippen molar-refractivity contribution in [2.24, 2.45) is 0 Å². The highest BCUT2D eigenvalue weighted by atomic mass is 35.5. The molecule has 0 saturated heterocycles. The van der Waals surface area contributed by atoms with Gasteiger partial charge in [0.2, 0.25) is 0 Å². The minimum absolute atomic E-state index is 0. The number of rotatable bonds is 5. The van der Waals surface area contributed by atoms with Crippen molar-refractivity contribution in [1.29, 1.82) is 0 Å². The van der Waals surface area contributed by atoms with E-state index in [1.54, 1.807) is 7.11 Å². The van der Waals surface area contributed by atoms with Crippen LogP contribution in [0.1, 0.15) is 39.9 Å². The number of fused-ring (bicyclic) bond motifs is 1. The zero-order chi connectivity index (χ0) is 16.5. The number of ether oxygens (including phenoxy) is 1. The van der Waals surface area contributed by atoms with Gasteiger partial charge in [0.25, 0.3) is 5.91 Å². The van der Waals surface area contributed by atoms with Crippen molar-refractivity contribution in [2.75, 3.05) is 7.11 Å². The molecule has 4 nitrogen and oxygen atoms in total. The molecule has 2 aromatic rings. The Kier molecular flexibility index (Phi) is 5.30. The average molecular weight is 359 g/mol. The summed E-state index contributed by atoms with van der Waals surface area (Å²) in [5.74, 6) is 0.965. The molecule has 1 aliphatic heterocycles.